The van der Waals surface area contributed by atoms with E-state index in [1.165, 1.54) is 23.2 Å². The summed E-state index contributed by atoms with van der Waals surface area (Å²) in [4.78, 5) is 21.8. The van der Waals surface area contributed by atoms with E-state index in [2.05, 4.69) is 27.7 Å². The molecule has 0 spiro atoms. The van der Waals surface area contributed by atoms with Crippen LogP contribution in [-0.2, 0) is 20.9 Å². The van der Waals surface area contributed by atoms with E-state index in [1.807, 2.05) is 18.2 Å². The monoisotopic (exact) mass is 583 g/mol. The number of fused-ring (bicyclic) bond motifs is 3. The number of hydrogen-bond donors (Lipinski definition) is 2. The van der Waals surface area contributed by atoms with E-state index in [1.54, 1.807) is 0 Å². The van der Waals surface area contributed by atoms with Crippen LogP contribution in [0.4, 0.5) is 43.4 Å². The molecule has 2 N–H and O–H groups in total. The van der Waals surface area contributed by atoms with Crippen molar-refractivity contribution in [3.8, 4) is 0 Å². The zero-order valence-electron chi connectivity index (χ0n) is 19.5. The van der Waals surface area contributed by atoms with Crippen LogP contribution in [0.3, 0.4) is 0 Å². The SMILES string of the molecule is Clc1cccc(Cl)c1Nc1cc2c3c(c1)[C@@H]1CNCC[C@@H]1N3CCOC2.O=C(C(=O)C(F)(F)F)C(F)(F)F. The predicted octanol–water partition coefficient (Wildman–Crippen LogP) is 5.78. The van der Waals surface area contributed by atoms with Gasteiger partial charge in [0.25, 0.3) is 0 Å². The van der Waals surface area contributed by atoms with Gasteiger partial charge in [-0.25, -0.2) is 0 Å². The maximum atomic E-state index is 11.2. The van der Waals surface area contributed by atoms with E-state index in [4.69, 9.17) is 27.9 Å². The van der Waals surface area contributed by atoms with Gasteiger partial charge in [-0.3, -0.25) is 9.59 Å². The molecule has 0 aromatic heterocycles. The number of para-hydroxylation sites is 1. The van der Waals surface area contributed by atoms with Gasteiger partial charge in [0.2, 0.25) is 0 Å². The van der Waals surface area contributed by atoms with Gasteiger partial charge in [0, 0.05) is 42.0 Å². The van der Waals surface area contributed by atoms with E-state index in [9.17, 15) is 35.9 Å². The summed E-state index contributed by atoms with van der Waals surface area (Å²) in [5, 5.41) is 8.25. The number of halogens is 8. The number of piperidine rings is 1. The summed E-state index contributed by atoms with van der Waals surface area (Å²) < 4.78 is 72.8. The van der Waals surface area contributed by atoms with Gasteiger partial charge in [-0.15, -0.1) is 0 Å². The number of Topliss-reactive ketones (excluding diaryl/α,β-unsaturated/α-hetero) is 2. The topological polar surface area (TPSA) is 70.7 Å². The number of carbonyl (C=O) groups excluding carboxylic acids is 2. The molecule has 2 aromatic rings. The molecular weight excluding hydrogens is 563 g/mol. The Hall–Kier alpha value is -2.54. The second-order valence-electron chi connectivity index (χ2n) is 8.86. The number of anilines is 3. The molecule has 1 saturated heterocycles. The number of alkyl halides is 6. The minimum absolute atomic E-state index is 0.527. The van der Waals surface area contributed by atoms with Gasteiger partial charge in [0.15, 0.2) is 0 Å². The van der Waals surface area contributed by atoms with Gasteiger partial charge in [0.1, 0.15) is 0 Å². The Bertz CT molecular complexity index is 1190. The van der Waals surface area contributed by atoms with Gasteiger partial charge in [-0.2, -0.15) is 26.3 Å². The lowest BCUT2D eigenvalue weighted by Crippen LogP contribution is -2.44. The van der Waals surface area contributed by atoms with Crippen molar-refractivity contribution in [1.29, 1.82) is 0 Å². The van der Waals surface area contributed by atoms with Crippen LogP contribution in [-0.4, -0.2) is 56.2 Å². The summed E-state index contributed by atoms with van der Waals surface area (Å²) in [7, 11) is 0. The molecule has 2 atom stereocenters. The first-order chi connectivity index (χ1) is 17.8. The molecule has 6 nitrogen and oxygen atoms in total. The van der Waals surface area contributed by atoms with E-state index in [0.29, 0.717) is 28.6 Å². The predicted molar refractivity (Wildman–Crippen MR) is 129 cm³/mol. The molecule has 0 bridgehead atoms. The molecule has 0 amide bonds. The van der Waals surface area contributed by atoms with Crippen molar-refractivity contribution in [2.45, 2.75) is 37.3 Å². The summed E-state index contributed by atoms with van der Waals surface area (Å²) in [6, 6.07) is 10.6. The number of carbonyl (C=O) groups is 2. The number of benzene rings is 2. The van der Waals surface area contributed by atoms with Crippen LogP contribution < -0.4 is 15.5 Å². The average molecular weight is 584 g/mol. The van der Waals surface area contributed by atoms with Crippen LogP contribution in [0.1, 0.15) is 23.5 Å². The maximum absolute atomic E-state index is 11.2. The molecule has 38 heavy (non-hydrogen) atoms. The molecule has 3 aliphatic rings. The highest BCUT2D eigenvalue weighted by Gasteiger charge is 2.54. The number of ether oxygens (including phenoxy) is 1. The Kier molecular flexibility index (Phi) is 8.17. The summed E-state index contributed by atoms with van der Waals surface area (Å²) in [5.41, 5.74) is 5.82. The third-order valence-corrected chi connectivity index (χ3v) is 7.07. The van der Waals surface area contributed by atoms with Gasteiger partial charge < -0.3 is 20.3 Å². The van der Waals surface area contributed by atoms with Crippen molar-refractivity contribution in [2.24, 2.45) is 0 Å². The van der Waals surface area contributed by atoms with Crippen molar-refractivity contribution in [2.75, 3.05) is 36.5 Å². The van der Waals surface area contributed by atoms with Crippen LogP contribution in [0.15, 0.2) is 30.3 Å². The Morgan fingerprint density at radius 2 is 1.66 bits per heavy atom. The largest absolute Gasteiger partial charge is 0.458 e. The second-order valence-corrected chi connectivity index (χ2v) is 9.68. The first-order valence-corrected chi connectivity index (χ1v) is 12.2. The van der Waals surface area contributed by atoms with Crippen molar-refractivity contribution < 1.29 is 40.7 Å². The number of rotatable bonds is 3. The lowest BCUT2D eigenvalue weighted by atomic mass is 9.89. The summed E-state index contributed by atoms with van der Waals surface area (Å²) in [5.74, 6) is -6.29. The lowest BCUT2D eigenvalue weighted by Gasteiger charge is -2.33. The molecule has 0 aliphatic carbocycles. The van der Waals surface area contributed by atoms with E-state index in [0.717, 1.165) is 37.6 Å². The lowest BCUT2D eigenvalue weighted by molar-refractivity contribution is -0.193. The summed E-state index contributed by atoms with van der Waals surface area (Å²) >= 11 is 12.7. The number of ketones is 2. The molecule has 206 valence electrons. The fourth-order valence-electron chi connectivity index (χ4n) is 4.88. The highest BCUT2D eigenvalue weighted by atomic mass is 35.5. The van der Waals surface area contributed by atoms with E-state index < -0.39 is 23.9 Å². The third-order valence-electron chi connectivity index (χ3n) is 6.44. The Morgan fingerprint density at radius 3 is 2.26 bits per heavy atom. The molecule has 0 radical (unpaired) electrons. The molecule has 14 heteroatoms. The van der Waals surface area contributed by atoms with Crippen molar-refractivity contribution >= 4 is 51.8 Å². The molecule has 1 fully saturated rings. The quantitative estimate of drug-likeness (QED) is 0.352. The van der Waals surface area contributed by atoms with Gasteiger partial charge in [0.05, 0.1) is 28.9 Å². The highest BCUT2D eigenvalue weighted by Crippen LogP contribution is 2.48. The first-order valence-electron chi connectivity index (χ1n) is 11.4. The van der Waals surface area contributed by atoms with Crippen molar-refractivity contribution in [3.63, 3.8) is 0 Å². The Balaban J connectivity index is 0.000000240. The Morgan fingerprint density at radius 1 is 1.03 bits per heavy atom. The fourth-order valence-corrected chi connectivity index (χ4v) is 5.37. The molecule has 0 saturated carbocycles. The van der Waals surface area contributed by atoms with Gasteiger partial charge in [-0.05, 0) is 42.8 Å². The van der Waals surface area contributed by atoms with Crippen molar-refractivity contribution in [1.82, 2.24) is 5.32 Å². The number of hydrogen-bond acceptors (Lipinski definition) is 6. The highest BCUT2D eigenvalue weighted by molar-refractivity contribution is 6.41. The molecule has 0 unspecified atom stereocenters. The van der Waals surface area contributed by atoms with E-state index >= 15 is 0 Å². The standard InChI is InChI=1S/C20H21Cl2N3O.C4F6O2/c21-16-2-1-3-17(22)19(16)24-13-8-12-11-26-7-6-25-18-4-5-23-10-15(18)14(9-13)20(12)25;5-3(6,7)1(11)2(12)4(8,9)10/h1-3,8-9,15,18,23-24H,4-7,10-11H2;/t15-,18-;/m0./s1. The van der Waals surface area contributed by atoms with Gasteiger partial charge in [-0.1, -0.05) is 29.3 Å². The zero-order valence-corrected chi connectivity index (χ0v) is 21.0. The van der Waals surface area contributed by atoms with Gasteiger partial charge >= 0.3 is 23.9 Å². The average Bonchev–Trinajstić information content (AvgIpc) is 3.00. The van der Waals surface area contributed by atoms with Crippen molar-refractivity contribution in [3.05, 3.63) is 51.5 Å². The summed E-state index contributed by atoms with van der Waals surface area (Å²) in [6.07, 6.45) is -10.4. The number of nitrogens with zero attached hydrogens (tertiary/aromatic N) is 1. The van der Waals surface area contributed by atoms with Crippen LogP contribution >= 0.6 is 23.2 Å². The smallest absolute Gasteiger partial charge is 0.375 e. The minimum Gasteiger partial charge on any atom is -0.375 e. The minimum atomic E-state index is -5.77. The maximum Gasteiger partial charge on any atom is 0.458 e. The first kappa shape index (κ1) is 28.5. The summed E-state index contributed by atoms with van der Waals surface area (Å²) in [6.45, 7) is 4.53. The zero-order chi connectivity index (χ0) is 27.8. The third kappa shape index (κ3) is 5.88. The number of nitrogens with one attached hydrogen (secondary N) is 2. The Labute approximate surface area is 223 Å². The fraction of sp³-hybridized carbons (Fsp3) is 0.417. The molecule has 2 aromatic carbocycles. The van der Waals surface area contributed by atoms with Crippen LogP contribution in [0.5, 0.6) is 0 Å². The molecule has 3 heterocycles. The molecule has 5 rings (SSSR count). The van der Waals surface area contributed by atoms with Crippen LogP contribution in [0, 0.1) is 0 Å². The normalized spacial score (nSPS) is 20.5. The van der Waals surface area contributed by atoms with Crippen LogP contribution in [0.2, 0.25) is 10.0 Å². The molecular formula is C24H21Cl2F6N3O3. The van der Waals surface area contributed by atoms with E-state index in [-0.39, 0.29) is 0 Å². The second kappa shape index (κ2) is 10.9. The van der Waals surface area contributed by atoms with Crippen LogP contribution in [0.25, 0.3) is 0 Å². The molecule has 3 aliphatic heterocycles.